The first-order valence-electron chi connectivity index (χ1n) is 14.1. The zero-order valence-corrected chi connectivity index (χ0v) is 23.5. The summed E-state index contributed by atoms with van der Waals surface area (Å²) in [5.74, 6) is 0.442. The van der Waals surface area contributed by atoms with E-state index in [-0.39, 0.29) is 23.9 Å². The van der Waals surface area contributed by atoms with Crippen molar-refractivity contribution in [2.45, 2.75) is 69.5 Å². The van der Waals surface area contributed by atoms with Crippen LogP contribution in [0.1, 0.15) is 73.7 Å². The van der Waals surface area contributed by atoms with Gasteiger partial charge < -0.3 is 19.3 Å². The Morgan fingerprint density at radius 1 is 1.08 bits per heavy atom. The number of esters is 1. The van der Waals surface area contributed by atoms with E-state index in [4.69, 9.17) is 9.47 Å². The molecule has 1 amide bonds. The molecule has 0 bridgehead atoms. The molecule has 3 aliphatic heterocycles. The predicted molar refractivity (Wildman–Crippen MR) is 143 cm³/mol. The second kappa shape index (κ2) is 11.1. The fourth-order valence-electron chi connectivity index (χ4n) is 6.52. The Balaban J connectivity index is 1.16. The third kappa shape index (κ3) is 5.87. The highest BCUT2D eigenvalue weighted by molar-refractivity contribution is 7.88. The number of sulfonamides is 1. The molecule has 1 aromatic carbocycles. The van der Waals surface area contributed by atoms with Gasteiger partial charge in [-0.05, 0) is 76.6 Å². The number of hydrogen-bond acceptors (Lipinski definition) is 7. The van der Waals surface area contributed by atoms with Crippen LogP contribution in [-0.4, -0.2) is 93.1 Å². The van der Waals surface area contributed by atoms with Gasteiger partial charge in [0.05, 0.1) is 11.8 Å². The molecular formula is C28H41N3O6S. The normalized spacial score (nSPS) is 27.2. The van der Waals surface area contributed by atoms with Crippen molar-refractivity contribution in [1.29, 1.82) is 0 Å². The van der Waals surface area contributed by atoms with E-state index in [1.54, 1.807) is 6.07 Å². The SMILES string of the molecule is CN(CCN1CCCCC1)C(=O)C1CCC2(CC1)OC(=O)c1cc(OC3CCN(S(C)(=O)=O)CC3)ccc12. The minimum atomic E-state index is -3.18. The zero-order valence-electron chi connectivity index (χ0n) is 22.7. The third-order valence-corrected chi connectivity index (χ3v) is 10.2. The number of likely N-dealkylation sites (tertiary alicyclic amines) is 1. The van der Waals surface area contributed by atoms with Gasteiger partial charge in [0, 0.05) is 44.7 Å². The quantitative estimate of drug-likeness (QED) is 0.484. The molecule has 38 heavy (non-hydrogen) atoms. The summed E-state index contributed by atoms with van der Waals surface area (Å²) < 4.78 is 37.1. The number of rotatable bonds is 7. The van der Waals surface area contributed by atoms with Crippen molar-refractivity contribution in [2.24, 2.45) is 5.92 Å². The molecule has 0 N–H and O–H groups in total. The Labute approximate surface area is 226 Å². The van der Waals surface area contributed by atoms with E-state index in [1.165, 1.54) is 29.8 Å². The van der Waals surface area contributed by atoms with E-state index < -0.39 is 15.6 Å². The number of carbonyl (C=O) groups is 2. The summed E-state index contributed by atoms with van der Waals surface area (Å²) in [4.78, 5) is 30.3. The molecular weight excluding hydrogens is 506 g/mol. The summed E-state index contributed by atoms with van der Waals surface area (Å²) in [6, 6.07) is 5.59. The van der Waals surface area contributed by atoms with Gasteiger partial charge in [0.2, 0.25) is 15.9 Å². The van der Waals surface area contributed by atoms with Crippen LogP contribution in [0.15, 0.2) is 18.2 Å². The standard InChI is InChI=1S/C28H41N3O6S/c1-29(18-19-30-14-4-3-5-15-30)26(32)21-8-12-28(13-9-21)25-7-6-23(20-24(25)27(33)37-28)36-22-10-16-31(17-11-22)38(2,34)35/h6-7,20-22H,3-5,8-19H2,1-2H3. The summed E-state index contributed by atoms with van der Waals surface area (Å²) in [6.45, 7) is 4.83. The largest absolute Gasteiger partial charge is 0.490 e. The minimum Gasteiger partial charge on any atom is -0.490 e. The Hall–Kier alpha value is -2.17. The molecule has 3 fully saturated rings. The molecule has 1 spiro atoms. The second-order valence-electron chi connectivity index (χ2n) is 11.5. The Morgan fingerprint density at radius 2 is 1.76 bits per heavy atom. The van der Waals surface area contributed by atoms with Crippen LogP contribution in [0.25, 0.3) is 0 Å². The number of benzene rings is 1. The molecule has 9 nitrogen and oxygen atoms in total. The molecule has 4 aliphatic rings. The number of likely N-dealkylation sites (N-methyl/N-ethyl adjacent to an activating group) is 1. The number of nitrogens with zero attached hydrogens (tertiary/aromatic N) is 3. The molecule has 210 valence electrons. The monoisotopic (exact) mass is 547 g/mol. The maximum Gasteiger partial charge on any atom is 0.339 e. The van der Waals surface area contributed by atoms with Gasteiger partial charge in [-0.3, -0.25) is 4.79 Å². The lowest BCUT2D eigenvalue weighted by Crippen LogP contribution is -2.43. The van der Waals surface area contributed by atoms with Gasteiger partial charge in [-0.2, -0.15) is 0 Å². The highest BCUT2D eigenvalue weighted by Crippen LogP contribution is 2.49. The van der Waals surface area contributed by atoms with E-state index in [9.17, 15) is 18.0 Å². The molecule has 3 heterocycles. The maximum absolute atomic E-state index is 13.1. The summed E-state index contributed by atoms with van der Waals surface area (Å²) in [6.07, 6.45) is 8.87. The van der Waals surface area contributed by atoms with E-state index in [1.807, 2.05) is 24.1 Å². The summed E-state index contributed by atoms with van der Waals surface area (Å²) in [5, 5.41) is 0. The van der Waals surface area contributed by atoms with Crippen molar-refractivity contribution < 1.29 is 27.5 Å². The van der Waals surface area contributed by atoms with Crippen LogP contribution in [0.3, 0.4) is 0 Å². The fraction of sp³-hybridized carbons (Fsp3) is 0.714. The van der Waals surface area contributed by atoms with Crippen LogP contribution < -0.4 is 4.74 Å². The van der Waals surface area contributed by atoms with Gasteiger partial charge >= 0.3 is 5.97 Å². The highest BCUT2D eigenvalue weighted by Gasteiger charge is 2.49. The first kappa shape index (κ1) is 27.4. The van der Waals surface area contributed by atoms with E-state index in [0.29, 0.717) is 62.9 Å². The van der Waals surface area contributed by atoms with Gasteiger partial charge in [0.15, 0.2) is 0 Å². The molecule has 0 atom stereocenters. The Bertz CT molecular complexity index is 1130. The third-order valence-electron chi connectivity index (χ3n) is 8.88. The molecule has 1 aliphatic carbocycles. The van der Waals surface area contributed by atoms with Gasteiger partial charge in [-0.15, -0.1) is 0 Å². The molecule has 10 heteroatoms. The number of carbonyl (C=O) groups excluding carboxylic acids is 2. The molecule has 1 aromatic rings. The average Bonchev–Trinajstić information content (AvgIpc) is 3.18. The van der Waals surface area contributed by atoms with Crippen LogP contribution in [0.5, 0.6) is 5.75 Å². The van der Waals surface area contributed by atoms with Crippen LogP contribution in [-0.2, 0) is 25.2 Å². The average molecular weight is 548 g/mol. The Morgan fingerprint density at radius 3 is 2.42 bits per heavy atom. The molecule has 0 unspecified atom stereocenters. The Kier molecular flexibility index (Phi) is 8.03. The summed E-state index contributed by atoms with van der Waals surface area (Å²) >= 11 is 0. The number of amides is 1. The van der Waals surface area contributed by atoms with Crippen molar-refractivity contribution in [1.82, 2.24) is 14.1 Å². The van der Waals surface area contributed by atoms with Crippen molar-refractivity contribution >= 4 is 21.9 Å². The smallest absolute Gasteiger partial charge is 0.339 e. The lowest BCUT2D eigenvalue weighted by atomic mass is 9.74. The highest BCUT2D eigenvalue weighted by atomic mass is 32.2. The number of hydrogen-bond donors (Lipinski definition) is 0. The van der Waals surface area contributed by atoms with E-state index in [0.717, 1.165) is 31.7 Å². The van der Waals surface area contributed by atoms with Gasteiger partial charge in [0.1, 0.15) is 17.5 Å². The molecule has 0 radical (unpaired) electrons. The predicted octanol–water partition coefficient (Wildman–Crippen LogP) is 2.99. The zero-order chi connectivity index (χ0) is 26.9. The van der Waals surface area contributed by atoms with Crippen LogP contribution in [0, 0.1) is 5.92 Å². The molecule has 0 aromatic heterocycles. The molecule has 5 rings (SSSR count). The summed E-state index contributed by atoms with van der Waals surface area (Å²) in [5.41, 5.74) is 0.778. The van der Waals surface area contributed by atoms with E-state index >= 15 is 0 Å². The topological polar surface area (TPSA) is 96.5 Å². The second-order valence-corrected chi connectivity index (χ2v) is 13.5. The number of ether oxygens (including phenoxy) is 2. The van der Waals surface area contributed by atoms with Crippen molar-refractivity contribution in [3.05, 3.63) is 29.3 Å². The first-order chi connectivity index (χ1) is 18.1. The van der Waals surface area contributed by atoms with Gasteiger partial charge in [-0.25, -0.2) is 17.5 Å². The molecule has 1 saturated carbocycles. The lowest BCUT2D eigenvalue weighted by molar-refractivity contribution is -0.137. The maximum atomic E-state index is 13.1. The van der Waals surface area contributed by atoms with Crippen LogP contribution in [0.4, 0.5) is 0 Å². The summed E-state index contributed by atoms with van der Waals surface area (Å²) in [7, 11) is -1.27. The van der Waals surface area contributed by atoms with Crippen LogP contribution in [0.2, 0.25) is 0 Å². The first-order valence-corrected chi connectivity index (χ1v) is 16.0. The fourth-order valence-corrected chi connectivity index (χ4v) is 7.40. The number of piperidine rings is 2. The van der Waals surface area contributed by atoms with Gasteiger partial charge in [-0.1, -0.05) is 12.5 Å². The molecule has 2 saturated heterocycles. The van der Waals surface area contributed by atoms with Crippen LogP contribution >= 0.6 is 0 Å². The minimum absolute atomic E-state index is 0.0323. The number of fused-ring (bicyclic) bond motifs is 2. The van der Waals surface area contributed by atoms with E-state index in [2.05, 4.69) is 4.90 Å². The van der Waals surface area contributed by atoms with Crippen molar-refractivity contribution in [3.63, 3.8) is 0 Å². The van der Waals surface area contributed by atoms with Crippen molar-refractivity contribution in [3.8, 4) is 5.75 Å². The lowest BCUT2D eigenvalue weighted by Gasteiger charge is -2.37. The van der Waals surface area contributed by atoms with Crippen molar-refractivity contribution in [2.75, 3.05) is 52.6 Å². The van der Waals surface area contributed by atoms with Gasteiger partial charge in [0.25, 0.3) is 0 Å².